The highest BCUT2D eigenvalue weighted by atomic mass is 35.5. The molecule has 0 saturated heterocycles. The average Bonchev–Trinajstić information content (AvgIpc) is 2.27. The molecule has 0 aromatic heterocycles. The van der Waals surface area contributed by atoms with Crippen molar-refractivity contribution in [1.29, 1.82) is 0 Å². The molecule has 0 bridgehead atoms. The van der Waals surface area contributed by atoms with E-state index in [9.17, 15) is 14.9 Å². The smallest absolute Gasteiger partial charge is 0.429 e. The maximum Gasteiger partial charge on any atom is 0.429 e. The van der Waals surface area contributed by atoms with Crippen molar-refractivity contribution in [3.05, 3.63) is 34.4 Å². The Labute approximate surface area is 103 Å². The lowest BCUT2D eigenvalue weighted by Crippen LogP contribution is -2.24. The fraction of sp³-hybridized carbons (Fsp3) is 0.300. The van der Waals surface area contributed by atoms with E-state index in [4.69, 9.17) is 16.5 Å². The van der Waals surface area contributed by atoms with E-state index in [-0.39, 0.29) is 17.5 Å². The van der Waals surface area contributed by atoms with Gasteiger partial charge in [0.05, 0.1) is 16.7 Å². The van der Waals surface area contributed by atoms with Crippen molar-refractivity contribution in [2.24, 2.45) is 0 Å². The first-order valence-electron chi connectivity index (χ1n) is 4.83. The number of amides is 1. The lowest BCUT2D eigenvalue weighted by atomic mass is 10.3. The summed E-state index contributed by atoms with van der Waals surface area (Å²) in [7, 11) is 0. The molecule has 92 valence electrons. The second-order valence-corrected chi connectivity index (χ2v) is 3.83. The molecule has 0 spiro atoms. The lowest BCUT2D eigenvalue weighted by Gasteiger charge is -2.15. The normalized spacial score (nSPS) is 10.1. The third-order valence-corrected chi connectivity index (χ3v) is 2.10. The van der Waals surface area contributed by atoms with E-state index in [1.54, 1.807) is 13.8 Å². The van der Waals surface area contributed by atoms with Crippen LogP contribution in [-0.4, -0.2) is 17.1 Å². The zero-order chi connectivity index (χ0) is 13.0. The molecular weight excluding hydrogens is 248 g/mol. The van der Waals surface area contributed by atoms with Crippen LogP contribution >= 0.6 is 11.8 Å². The lowest BCUT2D eigenvalue weighted by molar-refractivity contribution is -0.384. The van der Waals surface area contributed by atoms with Crippen LogP contribution in [0.4, 0.5) is 16.2 Å². The predicted octanol–water partition coefficient (Wildman–Crippen LogP) is 3.10. The Balaban J connectivity index is 2.88. The Hall–Kier alpha value is -1.82. The molecule has 17 heavy (non-hydrogen) atoms. The monoisotopic (exact) mass is 258 g/mol. The van der Waals surface area contributed by atoms with Gasteiger partial charge < -0.3 is 4.74 Å². The Morgan fingerprint density at radius 3 is 2.71 bits per heavy atom. The van der Waals surface area contributed by atoms with Gasteiger partial charge in [-0.3, -0.25) is 10.1 Å². The summed E-state index contributed by atoms with van der Waals surface area (Å²) in [6.45, 7) is 3.35. The molecule has 0 fully saturated rings. The molecule has 7 heteroatoms. The van der Waals surface area contributed by atoms with Gasteiger partial charge in [-0.25, -0.2) is 4.79 Å². The SMILES string of the molecule is CC(C)OC(=O)N(Cl)c1cccc([N+](=O)[O-])c1. The maximum absolute atomic E-state index is 11.4. The van der Waals surface area contributed by atoms with Gasteiger partial charge in [0.15, 0.2) is 0 Å². The van der Waals surface area contributed by atoms with Crippen LogP contribution in [0.3, 0.4) is 0 Å². The number of nitrogens with zero attached hydrogens (tertiary/aromatic N) is 2. The first kappa shape index (κ1) is 13.2. The number of anilines is 1. The minimum Gasteiger partial charge on any atom is -0.446 e. The van der Waals surface area contributed by atoms with Gasteiger partial charge in [-0.2, -0.15) is 4.42 Å². The molecule has 0 atom stereocenters. The van der Waals surface area contributed by atoms with E-state index < -0.39 is 11.0 Å². The number of ether oxygens (including phenoxy) is 1. The Morgan fingerprint density at radius 1 is 1.53 bits per heavy atom. The Bertz CT molecular complexity index is 436. The van der Waals surface area contributed by atoms with Gasteiger partial charge in [-0.1, -0.05) is 6.07 Å². The number of carbonyl (C=O) groups is 1. The minimum absolute atomic E-state index is 0.148. The topological polar surface area (TPSA) is 72.7 Å². The molecule has 1 rings (SSSR count). The molecule has 1 amide bonds. The van der Waals surface area contributed by atoms with E-state index in [0.717, 1.165) is 0 Å². The summed E-state index contributed by atoms with van der Waals surface area (Å²) in [6.07, 6.45) is -1.09. The summed E-state index contributed by atoms with van der Waals surface area (Å²) in [5, 5.41) is 10.6. The van der Waals surface area contributed by atoms with Crippen LogP contribution in [-0.2, 0) is 4.74 Å². The van der Waals surface area contributed by atoms with Crippen molar-refractivity contribution >= 4 is 29.2 Å². The van der Waals surface area contributed by atoms with Crippen molar-refractivity contribution in [2.45, 2.75) is 20.0 Å². The number of benzene rings is 1. The van der Waals surface area contributed by atoms with Crippen LogP contribution in [0.25, 0.3) is 0 Å². The molecule has 1 aromatic carbocycles. The quantitative estimate of drug-likeness (QED) is 0.474. The fourth-order valence-corrected chi connectivity index (χ4v) is 1.23. The van der Waals surface area contributed by atoms with Crippen molar-refractivity contribution in [3.8, 4) is 0 Å². The standard InChI is InChI=1S/C10H11ClN2O4/c1-7(2)17-10(14)12(11)8-4-3-5-9(6-8)13(15)16/h3-7H,1-2H3. The number of hydrogen-bond acceptors (Lipinski definition) is 4. The Kier molecular flexibility index (Phi) is 4.28. The van der Waals surface area contributed by atoms with Crippen LogP contribution in [0.15, 0.2) is 24.3 Å². The van der Waals surface area contributed by atoms with Gasteiger partial charge in [0.2, 0.25) is 0 Å². The zero-order valence-electron chi connectivity index (χ0n) is 9.29. The van der Waals surface area contributed by atoms with E-state index in [0.29, 0.717) is 4.42 Å². The molecule has 6 nitrogen and oxygen atoms in total. The van der Waals surface area contributed by atoms with Crippen LogP contribution in [0.1, 0.15) is 13.8 Å². The molecule has 0 aliphatic carbocycles. The summed E-state index contributed by atoms with van der Waals surface area (Å²) < 4.78 is 5.55. The van der Waals surface area contributed by atoms with Crippen LogP contribution in [0, 0.1) is 10.1 Å². The predicted molar refractivity (Wildman–Crippen MR) is 63.0 cm³/mol. The highest BCUT2D eigenvalue weighted by Crippen LogP contribution is 2.23. The van der Waals surface area contributed by atoms with Crippen molar-refractivity contribution in [2.75, 3.05) is 4.42 Å². The van der Waals surface area contributed by atoms with E-state index >= 15 is 0 Å². The summed E-state index contributed by atoms with van der Waals surface area (Å²) >= 11 is 5.71. The molecule has 0 aliphatic heterocycles. The molecule has 0 radical (unpaired) electrons. The molecule has 0 heterocycles. The summed E-state index contributed by atoms with van der Waals surface area (Å²) in [5.41, 5.74) is 0.0389. The van der Waals surface area contributed by atoms with Gasteiger partial charge >= 0.3 is 6.09 Å². The second kappa shape index (κ2) is 5.49. The molecule has 0 N–H and O–H groups in total. The number of halogens is 1. The average molecular weight is 259 g/mol. The van der Waals surface area contributed by atoms with Gasteiger partial charge in [0, 0.05) is 23.9 Å². The van der Waals surface area contributed by atoms with Gasteiger partial charge in [0.25, 0.3) is 5.69 Å². The molecule has 0 aliphatic rings. The van der Waals surface area contributed by atoms with Gasteiger partial charge in [-0.15, -0.1) is 0 Å². The minimum atomic E-state index is -0.776. The summed E-state index contributed by atoms with van der Waals surface area (Å²) in [6, 6.07) is 5.41. The summed E-state index contributed by atoms with van der Waals surface area (Å²) in [5.74, 6) is 0. The van der Waals surface area contributed by atoms with E-state index in [1.807, 2.05) is 0 Å². The number of rotatable bonds is 3. The van der Waals surface area contributed by atoms with Gasteiger partial charge in [0.1, 0.15) is 0 Å². The van der Waals surface area contributed by atoms with Crippen molar-refractivity contribution in [1.82, 2.24) is 0 Å². The van der Waals surface area contributed by atoms with Crippen LogP contribution in [0.2, 0.25) is 0 Å². The zero-order valence-corrected chi connectivity index (χ0v) is 10.0. The number of hydrogen-bond donors (Lipinski definition) is 0. The largest absolute Gasteiger partial charge is 0.446 e. The highest BCUT2D eigenvalue weighted by molar-refractivity contribution is 6.35. The number of carbonyl (C=O) groups excluding carboxylic acids is 1. The second-order valence-electron chi connectivity index (χ2n) is 3.49. The number of non-ortho nitro benzene ring substituents is 1. The number of nitro groups is 1. The van der Waals surface area contributed by atoms with Crippen LogP contribution < -0.4 is 4.42 Å². The van der Waals surface area contributed by atoms with Crippen LogP contribution in [0.5, 0.6) is 0 Å². The Morgan fingerprint density at radius 2 is 2.18 bits per heavy atom. The van der Waals surface area contributed by atoms with E-state index in [1.165, 1.54) is 24.3 Å². The third kappa shape index (κ3) is 3.60. The summed E-state index contributed by atoms with van der Waals surface area (Å²) in [4.78, 5) is 21.4. The first-order valence-corrected chi connectivity index (χ1v) is 5.16. The molecular formula is C10H11ClN2O4. The van der Waals surface area contributed by atoms with Gasteiger partial charge in [-0.05, 0) is 19.9 Å². The first-order chi connectivity index (χ1) is 7.91. The number of nitro benzene ring substituents is 1. The van der Waals surface area contributed by atoms with Crippen molar-refractivity contribution < 1.29 is 14.5 Å². The fourth-order valence-electron chi connectivity index (χ4n) is 1.08. The molecule has 1 aromatic rings. The van der Waals surface area contributed by atoms with Crippen molar-refractivity contribution in [3.63, 3.8) is 0 Å². The van der Waals surface area contributed by atoms with E-state index in [2.05, 4.69) is 0 Å². The molecule has 0 saturated carbocycles. The maximum atomic E-state index is 11.4. The molecule has 0 unspecified atom stereocenters. The third-order valence-electron chi connectivity index (χ3n) is 1.76. The highest BCUT2D eigenvalue weighted by Gasteiger charge is 2.18.